The molecule has 3 nitrogen and oxygen atoms in total. The SMILES string of the molecule is COC(C)=N/C=C(\C=N)C(C)C. The second-order valence-electron chi connectivity index (χ2n) is 2.78. The van der Waals surface area contributed by atoms with E-state index in [1.807, 2.05) is 13.8 Å². The van der Waals surface area contributed by atoms with Crippen molar-refractivity contribution in [1.29, 1.82) is 5.41 Å². The quantitative estimate of drug-likeness (QED) is 0.509. The Bertz CT molecular complexity index is 205. The molecule has 3 heteroatoms. The molecule has 0 unspecified atom stereocenters. The van der Waals surface area contributed by atoms with E-state index in [1.165, 1.54) is 6.21 Å². The second-order valence-corrected chi connectivity index (χ2v) is 2.78. The number of hydrogen-bond donors (Lipinski definition) is 1. The van der Waals surface area contributed by atoms with E-state index in [0.29, 0.717) is 11.8 Å². The molecule has 1 N–H and O–H groups in total. The predicted molar refractivity (Wildman–Crippen MR) is 51.8 cm³/mol. The molecule has 0 bridgehead atoms. The smallest absolute Gasteiger partial charge is 0.184 e. The normalized spacial score (nSPS) is 13.4. The maximum atomic E-state index is 7.09. The van der Waals surface area contributed by atoms with Crippen molar-refractivity contribution in [2.75, 3.05) is 7.11 Å². The molecule has 0 radical (unpaired) electrons. The van der Waals surface area contributed by atoms with E-state index in [4.69, 9.17) is 10.1 Å². The molecule has 0 aromatic carbocycles. The van der Waals surface area contributed by atoms with E-state index >= 15 is 0 Å². The number of nitrogens with one attached hydrogen (secondary N) is 1. The molecule has 68 valence electrons. The minimum Gasteiger partial charge on any atom is -0.484 e. The van der Waals surface area contributed by atoms with Crippen LogP contribution in [-0.4, -0.2) is 19.2 Å². The van der Waals surface area contributed by atoms with Gasteiger partial charge in [-0.2, -0.15) is 0 Å². The van der Waals surface area contributed by atoms with E-state index in [-0.39, 0.29) is 0 Å². The van der Waals surface area contributed by atoms with Crippen LogP contribution in [0.4, 0.5) is 0 Å². The molecule has 0 saturated heterocycles. The van der Waals surface area contributed by atoms with Crippen LogP contribution in [0, 0.1) is 11.3 Å². The van der Waals surface area contributed by atoms with Crippen molar-refractivity contribution in [3.05, 3.63) is 11.8 Å². The number of rotatable bonds is 3. The van der Waals surface area contributed by atoms with Crippen LogP contribution in [0.25, 0.3) is 0 Å². The lowest BCUT2D eigenvalue weighted by molar-refractivity contribution is 0.400. The predicted octanol–water partition coefficient (Wildman–Crippen LogP) is 2.24. The number of ether oxygens (including phenoxy) is 1. The molecule has 0 heterocycles. The molecule has 0 atom stereocenters. The van der Waals surface area contributed by atoms with E-state index in [1.54, 1.807) is 20.2 Å². The Labute approximate surface area is 73.7 Å². The van der Waals surface area contributed by atoms with E-state index in [9.17, 15) is 0 Å². The molecule has 0 aliphatic carbocycles. The molecule has 0 aliphatic heterocycles. The number of hydrogen-bond acceptors (Lipinski definition) is 3. The molecule has 12 heavy (non-hydrogen) atoms. The molecule has 0 fully saturated rings. The van der Waals surface area contributed by atoms with Gasteiger partial charge in [-0.3, -0.25) is 0 Å². The van der Waals surface area contributed by atoms with Crippen molar-refractivity contribution in [2.45, 2.75) is 20.8 Å². The van der Waals surface area contributed by atoms with Crippen LogP contribution in [0.5, 0.6) is 0 Å². The van der Waals surface area contributed by atoms with Gasteiger partial charge in [-0.05, 0) is 11.5 Å². The van der Waals surface area contributed by atoms with Crippen LogP contribution < -0.4 is 0 Å². The van der Waals surface area contributed by atoms with Crippen LogP contribution in [0.1, 0.15) is 20.8 Å². The Balaban J connectivity index is 4.40. The molecule has 0 amide bonds. The van der Waals surface area contributed by atoms with Gasteiger partial charge < -0.3 is 10.1 Å². The summed E-state index contributed by atoms with van der Waals surface area (Å²) < 4.78 is 4.86. The Morgan fingerprint density at radius 3 is 2.42 bits per heavy atom. The molecule has 0 aliphatic rings. The van der Waals surface area contributed by atoms with Crippen molar-refractivity contribution in [3.63, 3.8) is 0 Å². The van der Waals surface area contributed by atoms with Gasteiger partial charge in [-0.1, -0.05) is 13.8 Å². The van der Waals surface area contributed by atoms with Crippen LogP contribution in [-0.2, 0) is 4.74 Å². The van der Waals surface area contributed by atoms with Gasteiger partial charge in [-0.25, -0.2) is 4.99 Å². The van der Waals surface area contributed by atoms with Crippen LogP contribution in [0.3, 0.4) is 0 Å². The van der Waals surface area contributed by atoms with Crippen molar-refractivity contribution in [2.24, 2.45) is 10.9 Å². The van der Waals surface area contributed by atoms with E-state index < -0.39 is 0 Å². The summed E-state index contributed by atoms with van der Waals surface area (Å²) in [5.41, 5.74) is 0.895. The first-order valence-corrected chi connectivity index (χ1v) is 3.90. The van der Waals surface area contributed by atoms with Crippen molar-refractivity contribution in [3.8, 4) is 0 Å². The summed E-state index contributed by atoms with van der Waals surface area (Å²) in [7, 11) is 1.58. The third kappa shape index (κ3) is 3.91. The summed E-state index contributed by atoms with van der Waals surface area (Å²) in [5, 5.41) is 7.09. The van der Waals surface area contributed by atoms with Gasteiger partial charge in [0.2, 0.25) is 0 Å². The van der Waals surface area contributed by atoms with E-state index in [2.05, 4.69) is 4.99 Å². The Morgan fingerprint density at radius 2 is 2.08 bits per heavy atom. The second kappa shape index (κ2) is 5.52. The minimum absolute atomic E-state index is 0.330. The highest BCUT2D eigenvalue weighted by Gasteiger charge is 1.97. The average molecular weight is 168 g/mol. The lowest BCUT2D eigenvalue weighted by Crippen LogP contribution is -1.96. The molecular formula is C9H16N2O. The molecule has 0 aromatic rings. The summed E-state index contributed by atoms with van der Waals surface area (Å²) in [6.07, 6.45) is 2.98. The Morgan fingerprint density at radius 1 is 1.50 bits per heavy atom. The minimum atomic E-state index is 0.330. The van der Waals surface area contributed by atoms with Crippen molar-refractivity contribution in [1.82, 2.24) is 0 Å². The summed E-state index contributed by atoms with van der Waals surface area (Å²) in [5.74, 6) is 0.936. The summed E-state index contributed by atoms with van der Waals surface area (Å²) >= 11 is 0. The molecule has 0 spiro atoms. The van der Waals surface area contributed by atoms with Gasteiger partial charge in [0.15, 0.2) is 5.90 Å². The van der Waals surface area contributed by atoms with Crippen LogP contribution in [0.2, 0.25) is 0 Å². The molecule has 0 saturated carbocycles. The lowest BCUT2D eigenvalue weighted by Gasteiger charge is -2.02. The standard InChI is InChI=1S/C9H16N2O/c1-7(2)9(5-10)6-11-8(3)12-4/h5-7,10H,1-4H3/b9-6+,10-5?,11-8?. The fraction of sp³-hybridized carbons (Fsp3) is 0.556. The number of aliphatic imine (C=N–C) groups is 1. The van der Waals surface area contributed by atoms with E-state index in [0.717, 1.165) is 5.57 Å². The van der Waals surface area contributed by atoms with Gasteiger partial charge >= 0.3 is 0 Å². The van der Waals surface area contributed by atoms with Crippen LogP contribution >= 0.6 is 0 Å². The highest BCUT2D eigenvalue weighted by Crippen LogP contribution is 2.06. The maximum Gasteiger partial charge on any atom is 0.184 e. The molecule has 0 aromatic heterocycles. The summed E-state index contributed by atoms with van der Waals surface area (Å²) in [4.78, 5) is 4.02. The average Bonchev–Trinajstić information content (AvgIpc) is 2.04. The third-order valence-electron chi connectivity index (χ3n) is 1.52. The fourth-order valence-corrected chi connectivity index (χ4v) is 0.571. The number of methoxy groups -OCH3 is 1. The maximum absolute atomic E-state index is 7.09. The first-order valence-electron chi connectivity index (χ1n) is 3.90. The first kappa shape index (κ1) is 10.9. The largest absolute Gasteiger partial charge is 0.484 e. The zero-order valence-electron chi connectivity index (χ0n) is 8.09. The zero-order chi connectivity index (χ0) is 9.56. The van der Waals surface area contributed by atoms with Gasteiger partial charge in [0.05, 0.1) is 7.11 Å². The number of allylic oxidation sites excluding steroid dienone is 1. The highest BCUT2D eigenvalue weighted by atomic mass is 16.5. The molecule has 0 rings (SSSR count). The van der Waals surface area contributed by atoms with Gasteiger partial charge in [0.25, 0.3) is 0 Å². The fourth-order valence-electron chi connectivity index (χ4n) is 0.571. The van der Waals surface area contributed by atoms with Crippen molar-refractivity contribution < 1.29 is 4.74 Å². The molecular weight excluding hydrogens is 152 g/mol. The van der Waals surface area contributed by atoms with Crippen molar-refractivity contribution >= 4 is 12.1 Å². The number of nitrogens with zero attached hydrogens (tertiary/aromatic N) is 1. The third-order valence-corrected chi connectivity index (χ3v) is 1.52. The Hall–Kier alpha value is -1.12. The monoisotopic (exact) mass is 168 g/mol. The van der Waals surface area contributed by atoms with Gasteiger partial charge in [0, 0.05) is 19.3 Å². The van der Waals surface area contributed by atoms with Crippen LogP contribution in [0.15, 0.2) is 16.8 Å². The highest BCUT2D eigenvalue weighted by molar-refractivity contribution is 5.78. The summed E-state index contributed by atoms with van der Waals surface area (Å²) in [6.45, 7) is 5.82. The Kier molecular flexibility index (Phi) is 5.00. The van der Waals surface area contributed by atoms with Gasteiger partial charge in [0.1, 0.15) is 0 Å². The first-order chi connectivity index (χ1) is 5.61. The van der Waals surface area contributed by atoms with Gasteiger partial charge in [-0.15, -0.1) is 0 Å². The zero-order valence-corrected chi connectivity index (χ0v) is 8.09. The lowest BCUT2D eigenvalue weighted by atomic mass is 10.1. The summed E-state index contributed by atoms with van der Waals surface area (Å²) in [6, 6.07) is 0. The topological polar surface area (TPSA) is 45.4 Å².